The van der Waals surface area contributed by atoms with Crippen LogP contribution in [0, 0.1) is 5.92 Å². The molecule has 4 nitrogen and oxygen atoms in total. The zero-order valence-electron chi connectivity index (χ0n) is 10.7. The highest BCUT2D eigenvalue weighted by Crippen LogP contribution is 2.26. The number of hydrogen-bond acceptors (Lipinski definition) is 2. The van der Waals surface area contributed by atoms with Crippen LogP contribution >= 0.6 is 0 Å². The van der Waals surface area contributed by atoms with Gasteiger partial charge in [0.2, 0.25) is 11.8 Å². The van der Waals surface area contributed by atoms with Crippen molar-refractivity contribution in [1.29, 1.82) is 0 Å². The summed E-state index contributed by atoms with van der Waals surface area (Å²) in [5.41, 5.74) is 7.32. The Labute approximate surface area is 107 Å². The SMILES string of the molecule is CC(C)c1ccc(N2C[C@@H](C(N)=O)CC2=O)cc1. The Morgan fingerprint density at radius 2 is 1.94 bits per heavy atom. The first-order valence-corrected chi connectivity index (χ1v) is 6.18. The largest absolute Gasteiger partial charge is 0.369 e. The zero-order valence-corrected chi connectivity index (χ0v) is 10.7. The van der Waals surface area contributed by atoms with E-state index >= 15 is 0 Å². The van der Waals surface area contributed by atoms with Crippen molar-refractivity contribution in [1.82, 2.24) is 0 Å². The molecule has 2 rings (SSSR count). The number of amides is 2. The average molecular weight is 246 g/mol. The van der Waals surface area contributed by atoms with E-state index in [4.69, 9.17) is 5.73 Å². The first-order chi connectivity index (χ1) is 8.49. The Kier molecular flexibility index (Phi) is 3.36. The molecule has 1 heterocycles. The molecule has 1 atom stereocenters. The molecule has 0 radical (unpaired) electrons. The van der Waals surface area contributed by atoms with Crippen molar-refractivity contribution in [2.45, 2.75) is 26.2 Å². The number of carbonyl (C=O) groups is 2. The summed E-state index contributed by atoms with van der Waals surface area (Å²) in [4.78, 5) is 24.6. The van der Waals surface area contributed by atoms with Gasteiger partial charge in [-0.3, -0.25) is 9.59 Å². The van der Waals surface area contributed by atoms with Crippen LogP contribution in [0.2, 0.25) is 0 Å². The van der Waals surface area contributed by atoms with Gasteiger partial charge >= 0.3 is 0 Å². The number of carbonyl (C=O) groups excluding carboxylic acids is 2. The van der Waals surface area contributed by atoms with Crippen LogP contribution in [0.4, 0.5) is 5.69 Å². The van der Waals surface area contributed by atoms with Crippen LogP contribution in [-0.4, -0.2) is 18.4 Å². The van der Waals surface area contributed by atoms with Crippen molar-refractivity contribution in [2.24, 2.45) is 11.7 Å². The minimum Gasteiger partial charge on any atom is -0.369 e. The Balaban J connectivity index is 2.17. The topological polar surface area (TPSA) is 63.4 Å². The lowest BCUT2D eigenvalue weighted by Crippen LogP contribution is -2.28. The summed E-state index contributed by atoms with van der Waals surface area (Å²) < 4.78 is 0. The molecule has 1 aliphatic heterocycles. The summed E-state index contributed by atoms with van der Waals surface area (Å²) in [6.07, 6.45) is 0.223. The molecule has 0 bridgehead atoms. The monoisotopic (exact) mass is 246 g/mol. The number of anilines is 1. The van der Waals surface area contributed by atoms with Crippen LogP contribution < -0.4 is 10.6 Å². The normalized spacial score (nSPS) is 19.6. The third-order valence-electron chi connectivity index (χ3n) is 3.40. The number of rotatable bonds is 3. The second-order valence-electron chi connectivity index (χ2n) is 5.05. The Hall–Kier alpha value is -1.84. The Bertz CT molecular complexity index is 465. The van der Waals surface area contributed by atoms with E-state index in [1.165, 1.54) is 5.56 Å². The third kappa shape index (κ3) is 2.37. The smallest absolute Gasteiger partial charge is 0.227 e. The van der Waals surface area contributed by atoms with E-state index in [9.17, 15) is 9.59 Å². The second kappa shape index (κ2) is 4.80. The molecule has 96 valence electrons. The predicted molar refractivity (Wildman–Crippen MR) is 70.2 cm³/mol. The molecule has 0 aliphatic carbocycles. The molecule has 1 aliphatic rings. The minimum atomic E-state index is -0.398. The summed E-state index contributed by atoms with van der Waals surface area (Å²) in [7, 11) is 0. The first kappa shape index (κ1) is 12.6. The van der Waals surface area contributed by atoms with Gasteiger partial charge in [0.25, 0.3) is 0 Å². The third-order valence-corrected chi connectivity index (χ3v) is 3.40. The molecule has 4 heteroatoms. The van der Waals surface area contributed by atoms with Crippen LogP contribution in [0.3, 0.4) is 0 Å². The van der Waals surface area contributed by atoms with Gasteiger partial charge in [0.15, 0.2) is 0 Å². The van der Waals surface area contributed by atoms with E-state index in [0.29, 0.717) is 12.5 Å². The highest BCUT2D eigenvalue weighted by molar-refractivity contribution is 6.00. The van der Waals surface area contributed by atoms with E-state index in [1.54, 1.807) is 4.90 Å². The molecule has 18 heavy (non-hydrogen) atoms. The van der Waals surface area contributed by atoms with Gasteiger partial charge in [-0.05, 0) is 23.6 Å². The molecule has 1 saturated heterocycles. The van der Waals surface area contributed by atoms with E-state index in [1.807, 2.05) is 24.3 Å². The first-order valence-electron chi connectivity index (χ1n) is 6.18. The molecule has 2 amide bonds. The van der Waals surface area contributed by atoms with E-state index < -0.39 is 5.91 Å². The lowest BCUT2D eigenvalue weighted by atomic mass is 10.0. The van der Waals surface area contributed by atoms with Gasteiger partial charge in [0.05, 0.1) is 5.92 Å². The quantitative estimate of drug-likeness (QED) is 0.881. The molecule has 0 unspecified atom stereocenters. The Morgan fingerprint density at radius 1 is 1.33 bits per heavy atom. The van der Waals surface area contributed by atoms with Crippen LogP contribution in [-0.2, 0) is 9.59 Å². The summed E-state index contributed by atoms with van der Waals surface area (Å²) in [5, 5.41) is 0. The highest BCUT2D eigenvalue weighted by atomic mass is 16.2. The molecule has 0 saturated carbocycles. The summed E-state index contributed by atoms with van der Waals surface area (Å²) in [6.45, 7) is 4.65. The van der Waals surface area contributed by atoms with E-state index in [2.05, 4.69) is 13.8 Å². The van der Waals surface area contributed by atoms with Crippen molar-refractivity contribution < 1.29 is 9.59 Å². The second-order valence-corrected chi connectivity index (χ2v) is 5.05. The fourth-order valence-corrected chi connectivity index (χ4v) is 2.19. The molecule has 0 spiro atoms. The fourth-order valence-electron chi connectivity index (χ4n) is 2.19. The van der Waals surface area contributed by atoms with E-state index in [0.717, 1.165) is 5.69 Å². The van der Waals surface area contributed by atoms with Gasteiger partial charge in [0, 0.05) is 18.7 Å². The number of primary amides is 1. The van der Waals surface area contributed by atoms with Gasteiger partial charge in [-0.15, -0.1) is 0 Å². The van der Waals surface area contributed by atoms with Crippen molar-refractivity contribution in [3.63, 3.8) is 0 Å². The minimum absolute atomic E-state index is 0.0314. The molecule has 1 aromatic rings. The van der Waals surface area contributed by atoms with Gasteiger partial charge in [-0.2, -0.15) is 0 Å². The number of nitrogens with two attached hydrogens (primary N) is 1. The van der Waals surface area contributed by atoms with Gasteiger partial charge in [-0.1, -0.05) is 26.0 Å². The van der Waals surface area contributed by atoms with Gasteiger partial charge in [-0.25, -0.2) is 0 Å². The van der Waals surface area contributed by atoms with Crippen LogP contribution in [0.15, 0.2) is 24.3 Å². The van der Waals surface area contributed by atoms with Crippen molar-refractivity contribution >= 4 is 17.5 Å². The molecular formula is C14H18N2O2. The Morgan fingerprint density at radius 3 is 2.39 bits per heavy atom. The highest BCUT2D eigenvalue weighted by Gasteiger charge is 2.33. The van der Waals surface area contributed by atoms with Crippen LogP contribution in [0.25, 0.3) is 0 Å². The fraction of sp³-hybridized carbons (Fsp3) is 0.429. The lowest BCUT2D eigenvalue weighted by Gasteiger charge is -2.17. The average Bonchev–Trinajstić information content (AvgIpc) is 2.71. The number of benzene rings is 1. The molecular weight excluding hydrogens is 228 g/mol. The zero-order chi connectivity index (χ0) is 13.3. The van der Waals surface area contributed by atoms with Crippen molar-refractivity contribution in [2.75, 3.05) is 11.4 Å². The molecule has 1 fully saturated rings. The van der Waals surface area contributed by atoms with Gasteiger partial charge < -0.3 is 10.6 Å². The number of nitrogens with zero attached hydrogens (tertiary/aromatic N) is 1. The molecule has 0 aromatic heterocycles. The summed E-state index contributed by atoms with van der Waals surface area (Å²) >= 11 is 0. The number of hydrogen-bond donors (Lipinski definition) is 1. The maximum Gasteiger partial charge on any atom is 0.227 e. The van der Waals surface area contributed by atoms with Crippen molar-refractivity contribution in [3.8, 4) is 0 Å². The predicted octanol–water partition coefficient (Wildman–Crippen LogP) is 1.65. The maximum atomic E-state index is 11.8. The molecule has 2 N–H and O–H groups in total. The van der Waals surface area contributed by atoms with E-state index in [-0.39, 0.29) is 18.2 Å². The van der Waals surface area contributed by atoms with Crippen molar-refractivity contribution in [3.05, 3.63) is 29.8 Å². The molecule has 1 aromatic carbocycles. The van der Waals surface area contributed by atoms with Gasteiger partial charge in [0.1, 0.15) is 0 Å². The standard InChI is InChI=1S/C14H18N2O2/c1-9(2)10-3-5-12(6-4-10)16-8-11(14(15)18)7-13(16)17/h3-6,9,11H,7-8H2,1-2H3,(H2,15,18)/t11-/m0/s1. The summed E-state index contributed by atoms with van der Waals surface area (Å²) in [6, 6.07) is 7.89. The summed E-state index contributed by atoms with van der Waals surface area (Å²) in [5.74, 6) is -0.324. The maximum absolute atomic E-state index is 11.8. The van der Waals surface area contributed by atoms with Crippen LogP contribution in [0.5, 0.6) is 0 Å². The van der Waals surface area contributed by atoms with Crippen LogP contribution in [0.1, 0.15) is 31.7 Å². The lowest BCUT2D eigenvalue weighted by molar-refractivity contribution is -0.123.